The maximum atomic E-state index is 6.96. The first-order valence-corrected chi connectivity index (χ1v) is 20.0. The van der Waals surface area contributed by atoms with Crippen molar-refractivity contribution in [3.05, 3.63) is 194 Å². The molecule has 0 spiro atoms. The Hall–Kier alpha value is -8.02. The summed E-state index contributed by atoms with van der Waals surface area (Å²) >= 11 is 0. The van der Waals surface area contributed by atoms with Gasteiger partial charge in [-0.2, -0.15) is 0 Å². The summed E-state index contributed by atoms with van der Waals surface area (Å²) in [7, 11) is 0. The van der Waals surface area contributed by atoms with Crippen molar-refractivity contribution in [1.82, 2.24) is 19.1 Å². The summed E-state index contributed by atoms with van der Waals surface area (Å²) in [6.07, 6.45) is 0. The molecule has 0 aliphatic carbocycles. The number of rotatable bonds is 4. The van der Waals surface area contributed by atoms with Gasteiger partial charge in [0.1, 0.15) is 11.2 Å². The van der Waals surface area contributed by atoms with Gasteiger partial charge in [-0.1, -0.05) is 146 Å². The van der Waals surface area contributed by atoms with E-state index in [1.165, 1.54) is 27.4 Å². The third kappa shape index (κ3) is 4.67. The van der Waals surface area contributed by atoms with Gasteiger partial charge in [-0.3, -0.25) is 4.57 Å². The fourth-order valence-electron chi connectivity index (χ4n) is 9.48. The molecule has 13 aromatic rings. The van der Waals surface area contributed by atoms with Crippen LogP contribution in [0.4, 0.5) is 0 Å². The van der Waals surface area contributed by atoms with Gasteiger partial charge in [0, 0.05) is 60.1 Å². The van der Waals surface area contributed by atoms with Gasteiger partial charge >= 0.3 is 0 Å². The SMILES string of the molecule is c1ccc(-c2cccc(-c3nc(-n4c5ccccc5c5cc6c(cc54)oc4c5ccccc5c(-n5c7ccccc7c7ccccc75)cc64)nc4ccccc34)c2)cc1. The van der Waals surface area contributed by atoms with E-state index in [1.807, 2.05) is 6.07 Å². The zero-order valence-corrected chi connectivity index (χ0v) is 31.7. The van der Waals surface area contributed by atoms with Crippen molar-refractivity contribution in [2.75, 3.05) is 0 Å². The highest BCUT2D eigenvalue weighted by molar-refractivity contribution is 6.23. The second kappa shape index (κ2) is 12.2. The Morgan fingerprint density at radius 1 is 0.339 bits per heavy atom. The predicted molar refractivity (Wildman–Crippen MR) is 244 cm³/mol. The quantitative estimate of drug-likeness (QED) is 0.180. The lowest BCUT2D eigenvalue weighted by atomic mass is 10.00. The Kier molecular flexibility index (Phi) is 6.66. The lowest BCUT2D eigenvalue weighted by molar-refractivity contribution is 0.673. The molecule has 59 heavy (non-hydrogen) atoms. The highest BCUT2D eigenvalue weighted by Gasteiger charge is 2.22. The van der Waals surface area contributed by atoms with Gasteiger partial charge in [0.15, 0.2) is 0 Å². The molecule has 0 N–H and O–H groups in total. The van der Waals surface area contributed by atoms with Crippen LogP contribution in [0.3, 0.4) is 0 Å². The smallest absolute Gasteiger partial charge is 0.235 e. The van der Waals surface area contributed by atoms with Gasteiger partial charge in [0.05, 0.1) is 39.0 Å². The van der Waals surface area contributed by atoms with Crippen LogP contribution in [-0.2, 0) is 0 Å². The van der Waals surface area contributed by atoms with Gasteiger partial charge in [-0.25, -0.2) is 9.97 Å². The maximum Gasteiger partial charge on any atom is 0.235 e. The molecule has 0 aliphatic rings. The van der Waals surface area contributed by atoms with Crippen molar-refractivity contribution < 1.29 is 4.42 Å². The van der Waals surface area contributed by atoms with Crippen molar-refractivity contribution in [3.63, 3.8) is 0 Å². The molecule has 0 fully saturated rings. The van der Waals surface area contributed by atoms with E-state index < -0.39 is 0 Å². The molecule has 5 nitrogen and oxygen atoms in total. The molecule has 0 unspecified atom stereocenters. The molecular weight excluding hydrogens is 721 g/mol. The van der Waals surface area contributed by atoms with E-state index >= 15 is 0 Å². The van der Waals surface area contributed by atoms with Gasteiger partial charge in [-0.15, -0.1) is 0 Å². The van der Waals surface area contributed by atoms with Gasteiger partial charge in [-0.05, 0) is 53.6 Å². The Morgan fingerprint density at radius 2 is 0.915 bits per heavy atom. The first-order chi connectivity index (χ1) is 29.3. The summed E-state index contributed by atoms with van der Waals surface area (Å²) in [5, 5.41) is 10.1. The Labute approximate surface area is 337 Å². The summed E-state index contributed by atoms with van der Waals surface area (Å²) < 4.78 is 11.6. The summed E-state index contributed by atoms with van der Waals surface area (Å²) in [5.74, 6) is 0.615. The summed E-state index contributed by atoms with van der Waals surface area (Å²) in [5.41, 5.74) is 12.3. The van der Waals surface area contributed by atoms with E-state index in [9.17, 15) is 0 Å². The second-order valence-electron chi connectivity index (χ2n) is 15.3. The van der Waals surface area contributed by atoms with Crippen LogP contribution in [0.15, 0.2) is 199 Å². The Morgan fingerprint density at radius 3 is 1.66 bits per heavy atom. The van der Waals surface area contributed by atoms with E-state index in [2.05, 4.69) is 197 Å². The largest absolute Gasteiger partial charge is 0.455 e. The molecule has 0 amide bonds. The number of benzene rings is 9. The fourth-order valence-corrected chi connectivity index (χ4v) is 9.48. The minimum atomic E-state index is 0.615. The van der Waals surface area contributed by atoms with E-state index in [-0.39, 0.29) is 0 Å². The first kappa shape index (κ1) is 32.1. The van der Waals surface area contributed by atoms with Crippen molar-refractivity contribution >= 4 is 87.2 Å². The average molecular weight is 753 g/mol. The lowest BCUT2D eigenvalue weighted by Gasteiger charge is -2.12. The van der Waals surface area contributed by atoms with Crippen LogP contribution in [-0.4, -0.2) is 19.1 Å². The third-order valence-corrected chi connectivity index (χ3v) is 12.1. The van der Waals surface area contributed by atoms with Crippen LogP contribution >= 0.6 is 0 Å². The molecule has 0 saturated carbocycles. The molecule has 5 heteroatoms. The van der Waals surface area contributed by atoms with Crippen molar-refractivity contribution in [2.24, 2.45) is 0 Å². The zero-order chi connectivity index (χ0) is 38.6. The molecule has 9 aromatic carbocycles. The predicted octanol–water partition coefficient (Wildman–Crippen LogP) is 14.2. The van der Waals surface area contributed by atoms with Crippen molar-refractivity contribution in [3.8, 4) is 34.0 Å². The standard InChI is InChI=1S/C54H32N4O/c1-2-15-33(16-3-1)34-17-14-18-35(29-34)52-41-24-6-10-25-45(41)55-54(56-52)58-48-28-13-9-22-39(48)42-30-43-44-31-49(38-21-4-5-23-40(38)53(44)59-51(43)32-50(42)58)57-46-26-11-7-19-36(46)37-20-8-12-27-47(37)57/h1-32H. The summed E-state index contributed by atoms with van der Waals surface area (Å²) in [4.78, 5) is 10.7. The van der Waals surface area contributed by atoms with Gasteiger partial charge in [0.2, 0.25) is 5.95 Å². The number of para-hydroxylation sites is 4. The molecule has 0 aliphatic heterocycles. The van der Waals surface area contributed by atoms with E-state index in [0.717, 1.165) is 87.9 Å². The Bertz CT molecular complexity index is 3800. The minimum Gasteiger partial charge on any atom is -0.455 e. The first-order valence-electron chi connectivity index (χ1n) is 20.0. The van der Waals surface area contributed by atoms with Crippen molar-refractivity contribution in [1.29, 1.82) is 0 Å². The normalized spacial score (nSPS) is 12.1. The fraction of sp³-hybridized carbons (Fsp3) is 0. The number of aromatic nitrogens is 4. The molecule has 0 atom stereocenters. The average Bonchev–Trinajstić information content (AvgIpc) is 3.95. The highest BCUT2D eigenvalue weighted by atomic mass is 16.3. The Balaban J connectivity index is 1.08. The second-order valence-corrected chi connectivity index (χ2v) is 15.3. The van der Waals surface area contributed by atoms with Gasteiger partial charge in [0.25, 0.3) is 0 Å². The van der Waals surface area contributed by atoms with E-state index in [0.29, 0.717) is 5.95 Å². The molecule has 274 valence electrons. The third-order valence-electron chi connectivity index (χ3n) is 12.1. The van der Waals surface area contributed by atoms with Gasteiger partial charge < -0.3 is 8.98 Å². The molecule has 0 bridgehead atoms. The summed E-state index contributed by atoms with van der Waals surface area (Å²) in [6.45, 7) is 0. The van der Waals surface area contributed by atoms with E-state index in [1.54, 1.807) is 0 Å². The van der Waals surface area contributed by atoms with Crippen LogP contribution in [0, 0.1) is 0 Å². The zero-order valence-electron chi connectivity index (χ0n) is 31.7. The monoisotopic (exact) mass is 752 g/mol. The minimum absolute atomic E-state index is 0.615. The van der Waals surface area contributed by atoms with Crippen LogP contribution in [0.25, 0.3) is 121 Å². The summed E-state index contributed by atoms with van der Waals surface area (Å²) in [6, 6.07) is 68.9. The van der Waals surface area contributed by atoms with E-state index in [4.69, 9.17) is 14.4 Å². The number of furan rings is 1. The molecule has 0 saturated heterocycles. The highest BCUT2D eigenvalue weighted by Crippen LogP contribution is 2.43. The molecule has 13 rings (SSSR count). The molecule has 0 radical (unpaired) electrons. The lowest BCUT2D eigenvalue weighted by Crippen LogP contribution is -2.03. The number of hydrogen-bond donors (Lipinski definition) is 0. The van der Waals surface area contributed by atoms with Crippen LogP contribution in [0.2, 0.25) is 0 Å². The molecular formula is C54H32N4O. The molecule has 4 heterocycles. The van der Waals surface area contributed by atoms with Crippen LogP contribution in [0.5, 0.6) is 0 Å². The number of hydrogen-bond acceptors (Lipinski definition) is 3. The number of fused-ring (bicyclic) bond motifs is 12. The molecule has 4 aromatic heterocycles. The van der Waals surface area contributed by atoms with Crippen LogP contribution < -0.4 is 0 Å². The topological polar surface area (TPSA) is 48.8 Å². The number of nitrogens with zero attached hydrogens (tertiary/aromatic N) is 4. The van der Waals surface area contributed by atoms with Crippen molar-refractivity contribution in [2.45, 2.75) is 0 Å². The maximum absolute atomic E-state index is 6.96. The van der Waals surface area contributed by atoms with Crippen LogP contribution in [0.1, 0.15) is 0 Å².